The van der Waals surface area contributed by atoms with Crippen molar-refractivity contribution < 1.29 is 9.13 Å². The van der Waals surface area contributed by atoms with Crippen LogP contribution in [-0.2, 0) is 11.2 Å². The summed E-state index contributed by atoms with van der Waals surface area (Å²) in [5.41, 5.74) is 2.23. The molecule has 0 radical (unpaired) electrons. The predicted octanol–water partition coefficient (Wildman–Crippen LogP) is 4.27. The lowest BCUT2D eigenvalue weighted by Crippen LogP contribution is -2.06. The first-order valence-electron chi connectivity index (χ1n) is 6.12. The number of rotatable bonds is 6. The number of aryl methyl sites for hydroxylation is 1. The van der Waals surface area contributed by atoms with Crippen molar-refractivity contribution in [2.45, 2.75) is 46.1 Å². The van der Waals surface area contributed by atoms with Gasteiger partial charge in [0.2, 0.25) is 0 Å². The molecule has 90 valence electrons. The third-order valence-electron chi connectivity index (χ3n) is 2.71. The highest BCUT2D eigenvalue weighted by Gasteiger charge is 2.13. The van der Waals surface area contributed by atoms with Crippen LogP contribution in [0.2, 0.25) is 0 Å². The first-order chi connectivity index (χ1) is 7.72. The van der Waals surface area contributed by atoms with E-state index in [2.05, 4.69) is 13.8 Å². The van der Waals surface area contributed by atoms with E-state index < -0.39 is 0 Å². The lowest BCUT2D eigenvalue weighted by Gasteiger charge is -2.19. The average molecular weight is 224 g/mol. The molecule has 0 amide bonds. The van der Waals surface area contributed by atoms with Crippen molar-refractivity contribution in [2.75, 3.05) is 6.61 Å². The summed E-state index contributed by atoms with van der Waals surface area (Å²) in [6.45, 7) is 6.89. The van der Waals surface area contributed by atoms with Gasteiger partial charge in [-0.2, -0.15) is 0 Å². The second-order valence-electron chi connectivity index (χ2n) is 3.95. The van der Waals surface area contributed by atoms with E-state index >= 15 is 0 Å². The van der Waals surface area contributed by atoms with Crippen molar-refractivity contribution in [3.05, 3.63) is 35.1 Å². The molecule has 0 bridgehead atoms. The lowest BCUT2D eigenvalue weighted by molar-refractivity contribution is 0.0591. The van der Waals surface area contributed by atoms with Gasteiger partial charge in [-0.3, -0.25) is 0 Å². The van der Waals surface area contributed by atoms with Gasteiger partial charge in [0.25, 0.3) is 0 Å². The fourth-order valence-electron chi connectivity index (χ4n) is 2.00. The summed E-state index contributed by atoms with van der Waals surface area (Å²) >= 11 is 0. The Labute approximate surface area is 97.6 Å². The Kier molecular flexibility index (Phi) is 5.47. The Morgan fingerprint density at radius 2 is 2.00 bits per heavy atom. The highest BCUT2D eigenvalue weighted by molar-refractivity contribution is 5.30. The van der Waals surface area contributed by atoms with Gasteiger partial charge in [-0.1, -0.05) is 26.3 Å². The highest BCUT2D eigenvalue weighted by atomic mass is 19.1. The summed E-state index contributed by atoms with van der Waals surface area (Å²) in [6.07, 6.45) is 2.97. The van der Waals surface area contributed by atoms with Gasteiger partial charge in [-0.05, 0) is 43.0 Å². The SMILES string of the molecule is CCCc1cc(F)ccc1C(CC)OCC. The highest BCUT2D eigenvalue weighted by Crippen LogP contribution is 2.26. The van der Waals surface area contributed by atoms with Gasteiger partial charge in [0.1, 0.15) is 5.82 Å². The summed E-state index contributed by atoms with van der Waals surface area (Å²) in [7, 11) is 0. The molecule has 1 aromatic carbocycles. The molecule has 0 heterocycles. The van der Waals surface area contributed by atoms with E-state index in [-0.39, 0.29) is 11.9 Å². The summed E-state index contributed by atoms with van der Waals surface area (Å²) < 4.78 is 18.9. The molecule has 0 fully saturated rings. The smallest absolute Gasteiger partial charge is 0.123 e. The third-order valence-corrected chi connectivity index (χ3v) is 2.71. The number of hydrogen-bond acceptors (Lipinski definition) is 1. The van der Waals surface area contributed by atoms with Crippen LogP contribution >= 0.6 is 0 Å². The van der Waals surface area contributed by atoms with Crippen molar-refractivity contribution in [3.8, 4) is 0 Å². The molecule has 0 saturated carbocycles. The molecule has 1 nitrogen and oxygen atoms in total. The molecule has 0 N–H and O–H groups in total. The van der Waals surface area contributed by atoms with Crippen molar-refractivity contribution in [1.29, 1.82) is 0 Å². The molecule has 1 unspecified atom stereocenters. The van der Waals surface area contributed by atoms with Crippen LogP contribution in [0.1, 0.15) is 50.8 Å². The summed E-state index contributed by atoms with van der Waals surface area (Å²) in [5.74, 6) is -0.154. The molecule has 16 heavy (non-hydrogen) atoms. The number of halogens is 1. The largest absolute Gasteiger partial charge is 0.374 e. The topological polar surface area (TPSA) is 9.23 Å². The van der Waals surface area contributed by atoms with Crippen molar-refractivity contribution in [1.82, 2.24) is 0 Å². The van der Waals surface area contributed by atoms with Crippen LogP contribution in [0.25, 0.3) is 0 Å². The maximum atomic E-state index is 13.2. The maximum Gasteiger partial charge on any atom is 0.123 e. The van der Waals surface area contributed by atoms with Crippen molar-refractivity contribution >= 4 is 0 Å². The second kappa shape index (κ2) is 6.64. The lowest BCUT2D eigenvalue weighted by atomic mass is 9.97. The minimum absolute atomic E-state index is 0.104. The molecular weight excluding hydrogens is 203 g/mol. The first-order valence-corrected chi connectivity index (χ1v) is 6.12. The Bertz CT molecular complexity index is 323. The second-order valence-corrected chi connectivity index (χ2v) is 3.95. The van der Waals surface area contributed by atoms with Crippen LogP contribution in [0.5, 0.6) is 0 Å². The summed E-state index contributed by atoms with van der Waals surface area (Å²) in [5, 5.41) is 0. The van der Waals surface area contributed by atoms with Crippen LogP contribution in [0, 0.1) is 5.82 Å². The van der Waals surface area contributed by atoms with Crippen LogP contribution < -0.4 is 0 Å². The zero-order chi connectivity index (χ0) is 12.0. The average Bonchev–Trinajstić information content (AvgIpc) is 2.27. The molecule has 0 aliphatic carbocycles. The van der Waals surface area contributed by atoms with Crippen LogP contribution in [0.4, 0.5) is 4.39 Å². The van der Waals surface area contributed by atoms with Gasteiger partial charge in [0.15, 0.2) is 0 Å². The molecule has 0 aromatic heterocycles. The summed E-state index contributed by atoms with van der Waals surface area (Å²) in [6, 6.07) is 5.03. The Balaban J connectivity index is 2.99. The van der Waals surface area contributed by atoms with Crippen molar-refractivity contribution in [2.24, 2.45) is 0 Å². The van der Waals surface area contributed by atoms with E-state index in [0.717, 1.165) is 30.4 Å². The predicted molar refractivity (Wildman–Crippen MR) is 65.1 cm³/mol. The Morgan fingerprint density at radius 3 is 2.56 bits per heavy atom. The Hall–Kier alpha value is -0.890. The molecule has 1 aromatic rings. The maximum absolute atomic E-state index is 13.2. The standard InChI is InChI=1S/C14H21FO/c1-4-7-11-10-12(15)8-9-13(11)14(5-2)16-6-3/h8-10,14H,4-7H2,1-3H3. The number of ether oxygens (including phenoxy) is 1. The third kappa shape index (κ3) is 3.31. The zero-order valence-electron chi connectivity index (χ0n) is 10.4. The van der Waals surface area contributed by atoms with Gasteiger partial charge in [-0.25, -0.2) is 4.39 Å². The minimum atomic E-state index is -0.154. The quantitative estimate of drug-likeness (QED) is 0.701. The van der Waals surface area contributed by atoms with E-state index in [0.29, 0.717) is 6.61 Å². The van der Waals surface area contributed by atoms with E-state index in [1.165, 1.54) is 6.07 Å². The van der Waals surface area contributed by atoms with E-state index in [1.54, 1.807) is 6.07 Å². The normalized spacial score (nSPS) is 12.8. The zero-order valence-corrected chi connectivity index (χ0v) is 10.4. The van der Waals surface area contributed by atoms with E-state index in [1.807, 2.05) is 13.0 Å². The first kappa shape index (κ1) is 13.2. The van der Waals surface area contributed by atoms with Crippen molar-refractivity contribution in [3.63, 3.8) is 0 Å². The van der Waals surface area contributed by atoms with Crippen LogP contribution in [0.15, 0.2) is 18.2 Å². The molecule has 0 spiro atoms. The number of benzene rings is 1. The van der Waals surface area contributed by atoms with E-state index in [9.17, 15) is 4.39 Å². The monoisotopic (exact) mass is 224 g/mol. The fourth-order valence-corrected chi connectivity index (χ4v) is 2.00. The molecular formula is C14H21FO. The fraction of sp³-hybridized carbons (Fsp3) is 0.571. The molecule has 0 saturated heterocycles. The summed E-state index contributed by atoms with van der Waals surface area (Å²) in [4.78, 5) is 0. The van der Waals surface area contributed by atoms with Gasteiger partial charge in [0, 0.05) is 6.61 Å². The molecule has 1 rings (SSSR count). The van der Waals surface area contributed by atoms with Gasteiger partial charge in [0.05, 0.1) is 6.10 Å². The van der Waals surface area contributed by atoms with Crippen LogP contribution in [-0.4, -0.2) is 6.61 Å². The molecule has 0 aliphatic heterocycles. The van der Waals surface area contributed by atoms with Gasteiger partial charge >= 0.3 is 0 Å². The number of hydrogen-bond donors (Lipinski definition) is 0. The molecule has 2 heteroatoms. The van der Waals surface area contributed by atoms with Gasteiger partial charge < -0.3 is 4.74 Å². The minimum Gasteiger partial charge on any atom is -0.374 e. The van der Waals surface area contributed by atoms with Crippen LogP contribution in [0.3, 0.4) is 0 Å². The molecule has 0 aliphatic rings. The molecule has 1 atom stereocenters. The van der Waals surface area contributed by atoms with Gasteiger partial charge in [-0.15, -0.1) is 0 Å². The van der Waals surface area contributed by atoms with E-state index in [4.69, 9.17) is 4.74 Å². The Morgan fingerprint density at radius 1 is 1.25 bits per heavy atom.